The zero-order valence-electron chi connectivity index (χ0n) is 11.9. The Balaban J connectivity index is 1.48. The lowest BCUT2D eigenvalue weighted by Gasteiger charge is -2.27. The highest BCUT2D eigenvalue weighted by atomic mass is 16.6. The van der Waals surface area contributed by atoms with Crippen LogP contribution in [0.3, 0.4) is 0 Å². The van der Waals surface area contributed by atoms with Crippen LogP contribution in [0.5, 0.6) is 11.5 Å². The van der Waals surface area contributed by atoms with Gasteiger partial charge in [-0.3, -0.25) is 0 Å². The summed E-state index contributed by atoms with van der Waals surface area (Å²) in [5, 5.41) is 3.63. The molecule has 0 amide bonds. The Morgan fingerprint density at radius 3 is 2.85 bits per heavy atom. The lowest BCUT2D eigenvalue weighted by molar-refractivity contribution is 0.171. The van der Waals surface area contributed by atoms with Crippen molar-refractivity contribution in [2.24, 2.45) is 5.73 Å². The molecule has 1 heterocycles. The molecule has 4 nitrogen and oxygen atoms in total. The highest BCUT2D eigenvalue weighted by Gasteiger charge is 2.18. The molecular weight excluding hydrogens is 252 g/mol. The van der Waals surface area contributed by atoms with Crippen molar-refractivity contribution in [2.45, 2.75) is 44.2 Å². The summed E-state index contributed by atoms with van der Waals surface area (Å²) >= 11 is 0. The fraction of sp³-hybridized carbons (Fsp3) is 0.625. The van der Waals surface area contributed by atoms with E-state index in [4.69, 9.17) is 15.2 Å². The molecule has 20 heavy (non-hydrogen) atoms. The molecule has 0 aromatic heterocycles. The van der Waals surface area contributed by atoms with E-state index >= 15 is 0 Å². The first kappa shape index (κ1) is 13.7. The minimum absolute atomic E-state index is 0.385. The van der Waals surface area contributed by atoms with Crippen LogP contribution in [-0.2, 0) is 6.42 Å². The van der Waals surface area contributed by atoms with E-state index in [0.29, 0.717) is 25.3 Å². The summed E-state index contributed by atoms with van der Waals surface area (Å²) in [5.74, 6) is 1.75. The molecule has 2 unspecified atom stereocenters. The summed E-state index contributed by atoms with van der Waals surface area (Å²) < 4.78 is 11.1. The number of rotatable bonds is 4. The fourth-order valence-electron chi connectivity index (χ4n) is 3.08. The molecule has 0 spiro atoms. The van der Waals surface area contributed by atoms with Gasteiger partial charge in [-0.2, -0.15) is 0 Å². The van der Waals surface area contributed by atoms with E-state index in [1.54, 1.807) is 0 Å². The number of nitrogens with two attached hydrogens (primary N) is 1. The zero-order chi connectivity index (χ0) is 13.8. The largest absolute Gasteiger partial charge is 0.486 e. The molecule has 2 aliphatic rings. The van der Waals surface area contributed by atoms with E-state index in [1.165, 1.54) is 24.8 Å². The quantitative estimate of drug-likeness (QED) is 0.881. The topological polar surface area (TPSA) is 56.5 Å². The first-order chi connectivity index (χ1) is 9.81. The van der Waals surface area contributed by atoms with Gasteiger partial charge in [0, 0.05) is 12.1 Å². The van der Waals surface area contributed by atoms with Crippen molar-refractivity contribution in [3.05, 3.63) is 23.8 Å². The van der Waals surface area contributed by atoms with Gasteiger partial charge in [0.05, 0.1) is 0 Å². The average molecular weight is 276 g/mol. The lowest BCUT2D eigenvalue weighted by Crippen LogP contribution is -2.40. The molecule has 2 atom stereocenters. The highest BCUT2D eigenvalue weighted by molar-refractivity contribution is 5.43. The third-order valence-electron chi connectivity index (χ3n) is 4.17. The number of hydrogen-bond acceptors (Lipinski definition) is 4. The van der Waals surface area contributed by atoms with Gasteiger partial charge in [0.25, 0.3) is 0 Å². The molecular formula is C16H24N2O2. The minimum Gasteiger partial charge on any atom is -0.486 e. The molecule has 3 rings (SSSR count). The standard InChI is InChI=1S/C16H24N2O2/c17-13-2-1-3-14(11-13)18-7-6-12-4-5-15-16(10-12)20-9-8-19-15/h4-5,10,13-14,18H,1-3,6-9,11,17H2. The van der Waals surface area contributed by atoms with Crippen LogP contribution >= 0.6 is 0 Å². The molecule has 0 bridgehead atoms. The van der Waals surface area contributed by atoms with Crippen molar-refractivity contribution >= 4 is 0 Å². The van der Waals surface area contributed by atoms with Crippen LogP contribution in [0.4, 0.5) is 0 Å². The van der Waals surface area contributed by atoms with E-state index in [1.807, 2.05) is 6.07 Å². The lowest BCUT2D eigenvalue weighted by atomic mass is 9.91. The van der Waals surface area contributed by atoms with E-state index < -0.39 is 0 Å². The van der Waals surface area contributed by atoms with Gasteiger partial charge in [0.2, 0.25) is 0 Å². The summed E-state index contributed by atoms with van der Waals surface area (Å²) in [6.07, 6.45) is 5.82. The summed E-state index contributed by atoms with van der Waals surface area (Å²) in [5.41, 5.74) is 7.31. The second-order valence-corrected chi connectivity index (χ2v) is 5.81. The summed E-state index contributed by atoms with van der Waals surface area (Å²) in [7, 11) is 0. The molecule has 1 fully saturated rings. The van der Waals surface area contributed by atoms with Gasteiger partial charge in [0.15, 0.2) is 11.5 Å². The van der Waals surface area contributed by atoms with Crippen molar-refractivity contribution in [1.82, 2.24) is 5.32 Å². The molecule has 110 valence electrons. The second kappa shape index (κ2) is 6.46. The number of hydrogen-bond donors (Lipinski definition) is 2. The molecule has 1 saturated carbocycles. The Morgan fingerprint density at radius 1 is 1.15 bits per heavy atom. The third-order valence-corrected chi connectivity index (χ3v) is 4.17. The molecule has 1 aromatic rings. The van der Waals surface area contributed by atoms with Gasteiger partial charge < -0.3 is 20.5 Å². The van der Waals surface area contributed by atoms with Gasteiger partial charge in [-0.15, -0.1) is 0 Å². The first-order valence-corrected chi connectivity index (χ1v) is 7.69. The second-order valence-electron chi connectivity index (χ2n) is 5.81. The summed E-state index contributed by atoms with van der Waals surface area (Å²) in [6.45, 7) is 2.29. The van der Waals surface area contributed by atoms with Gasteiger partial charge in [-0.1, -0.05) is 12.5 Å². The predicted molar refractivity (Wildman–Crippen MR) is 79.4 cm³/mol. The van der Waals surface area contributed by atoms with E-state index in [0.717, 1.165) is 30.9 Å². The fourth-order valence-corrected chi connectivity index (χ4v) is 3.08. The minimum atomic E-state index is 0.385. The normalized spacial score (nSPS) is 25.4. The molecule has 1 aliphatic heterocycles. The number of ether oxygens (including phenoxy) is 2. The van der Waals surface area contributed by atoms with E-state index in [-0.39, 0.29) is 0 Å². The summed E-state index contributed by atoms with van der Waals surface area (Å²) in [4.78, 5) is 0. The number of benzene rings is 1. The van der Waals surface area contributed by atoms with Crippen molar-refractivity contribution in [2.75, 3.05) is 19.8 Å². The SMILES string of the molecule is NC1CCCC(NCCc2ccc3c(c2)OCCO3)C1. The molecule has 4 heteroatoms. The predicted octanol–water partition coefficient (Wildman–Crippen LogP) is 1.86. The van der Waals surface area contributed by atoms with Gasteiger partial charge in [0.1, 0.15) is 13.2 Å². The third kappa shape index (κ3) is 3.44. The van der Waals surface area contributed by atoms with Crippen molar-refractivity contribution in [1.29, 1.82) is 0 Å². The van der Waals surface area contributed by atoms with Crippen LogP contribution in [0.1, 0.15) is 31.2 Å². The Kier molecular flexibility index (Phi) is 4.43. The maximum Gasteiger partial charge on any atom is 0.161 e. The van der Waals surface area contributed by atoms with Crippen molar-refractivity contribution in [3.8, 4) is 11.5 Å². The monoisotopic (exact) mass is 276 g/mol. The molecule has 1 aromatic carbocycles. The molecule has 0 saturated heterocycles. The van der Waals surface area contributed by atoms with E-state index in [9.17, 15) is 0 Å². The Hall–Kier alpha value is -1.26. The highest BCUT2D eigenvalue weighted by Crippen LogP contribution is 2.30. The maximum absolute atomic E-state index is 6.01. The Bertz CT molecular complexity index is 450. The van der Waals surface area contributed by atoms with Crippen LogP contribution in [-0.4, -0.2) is 31.8 Å². The molecule has 3 N–H and O–H groups in total. The van der Waals surface area contributed by atoms with E-state index in [2.05, 4.69) is 17.4 Å². The molecule has 0 radical (unpaired) electrons. The van der Waals surface area contributed by atoms with Crippen LogP contribution in [0.25, 0.3) is 0 Å². The van der Waals surface area contributed by atoms with Gasteiger partial charge >= 0.3 is 0 Å². The average Bonchev–Trinajstić information content (AvgIpc) is 2.47. The van der Waals surface area contributed by atoms with Crippen LogP contribution in [0, 0.1) is 0 Å². The van der Waals surface area contributed by atoms with Crippen molar-refractivity contribution < 1.29 is 9.47 Å². The molecule has 1 aliphatic carbocycles. The maximum atomic E-state index is 6.01. The van der Waals surface area contributed by atoms with Crippen LogP contribution in [0.15, 0.2) is 18.2 Å². The Labute approximate surface area is 120 Å². The van der Waals surface area contributed by atoms with Crippen molar-refractivity contribution in [3.63, 3.8) is 0 Å². The van der Waals surface area contributed by atoms with Crippen LogP contribution < -0.4 is 20.5 Å². The van der Waals surface area contributed by atoms with Gasteiger partial charge in [-0.05, 0) is 49.9 Å². The number of fused-ring (bicyclic) bond motifs is 1. The number of nitrogens with one attached hydrogen (secondary N) is 1. The smallest absolute Gasteiger partial charge is 0.161 e. The zero-order valence-corrected chi connectivity index (χ0v) is 11.9. The first-order valence-electron chi connectivity index (χ1n) is 7.69. The summed E-state index contributed by atoms with van der Waals surface area (Å²) in [6, 6.07) is 7.22. The van der Waals surface area contributed by atoms with Crippen LogP contribution in [0.2, 0.25) is 0 Å². The van der Waals surface area contributed by atoms with Gasteiger partial charge in [-0.25, -0.2) is 0 Å². The Morgan fingerprint density at radius 2 is 2.00 bits per heavy atom.